The summed E-state index contributed by atoms with van der Waals surface area (Å²) in [7, 11) is 0. The number of aromatic nitrogens is 2. The highest BCUT2D eigenvalue weighted by atomic mass is 15.3. The molecule has 1 aliphatic rings. The number of para-hydroxylation sites is 1. The van der Waals surface area contributed by atoms with Gasteiger partial charge in [-0.05, 0) is 25.0 Å². The molecule has 1 fully saturated rings. The van der Waals surface area contributed by atoms with Gasteiger partial charge in [0.25, 0.3) is 0 Å². The van der Waals surface area contributed by atoms with Crippen LogP contribution in [0.5, 0.6) is 0 Å². The van der Waals surface area contributed by atoms with E-state index in [1.807, 2.05) is 29.1 Å². The third kappa shape index (κ3) is 2.14. The van der Waals surface area contributed by atoms with Crippen molar-refractivity contribution in [3.63, 3.8) is 0 Å². The Kier molecular flexibility index (Phi) is 2.46. The Morgan fingerprint density at radius 1 is 1.25 bits per heavy atom. The van der Waals surface area contributed by atoms with Crippen LogP contribution in [0.15, 0.2) is 42.7 Å². The Balaban J connectivity index is 1.71. The first-order valence-electron chi connectivity index (χ1n) is 5.74. The summed E-state index contributed by atoms with van der Waals surface area (Å²) in [4.78, 5) is 0. The Hall–Kier alpha value is -1.61. The van der Waals surface area contributed by atoms with E-state index in [4.69, 9.17) is 0 Å². The Morgan fingerprint density at radius 2 is 2.06 bits per heavy atom. The molecule has 3 nitrogen and oxygen atoms in total. The fourth-order valence-corrected chi connectivity index (χ4v) is 1.72. The normalized spacial score (nSPS) is 15.2. The fourth-order valence-electron chi connectivity index (χ4n) is 1.72. The highest BCUT2D eigenvalue weighted by Crippen LogP contribution is 2.19. The molecule has 0 amide bonds. The molecule has 3 heteroatoms. The Morgan fingerprint density at radius 3 is 2.81 bits per heavy atom. The maximum absolute atomic E-state index is 4.36. The SMILES string of the molecule is c1ccc(-n2cc(CNC3CC3)cn2)cc1. The molecule has 0 unspecified atom stereocenters. The van der Waals surface area contributed by atoms with Gasteiger partial charge in [0.1, 0.15) is 0 Å². The molecule has 1 saturated carbocycles. The minimum atomic E-state index is 0.750. The molecule has 0 bridgehead atoms. The third-order valence-corrected chi connectivity index (χ3v) is 2.83. The van der Waals surface area contributed by atoms with Crippen LogP contribution in [0.1, 0.15) is 18.4 Å². The van der Waals surface area contributed by atoms with Crippen molar-refractivity contribution in [2.24, 2.45) is 0 Å². The van der Waals surface area contributed by atoms with Crippen molar-refractivity contribution in [1.82, 2.24) is 15.1 Å². The largest absolute Gasteiger partial charge is 0.310 e. The lowest BCUT2D eigenvalue weighted by Crippen LogP contribution is -2.14. The second-order valence-electron chi connectivity index (χ2n) is 4.28. The summed E-state index contributed by atoms with van der Waals surface area (Å²) in [6.45, 7) is 0.928. The van der Waals surface area contributed by atoms with Crippen LogP contribution in [0.4, 0.5) is 0 Å². The molecule has 0 saturated heterocycles. The second kappa shape index (κ2) is 4.10. The molecule has 0 aliphatic heterocycles. The summed E-state index contributed by atoms with van der Waals surface area (Å²) in [6.07, 6.45) is 6.67. The molecular weight excluding hydrogens is 198 g/mol. The second-order valence-corrected chi connectivity index (χ2v) is 4.28. The van der Waals surface area contributed by atoms with Gasteiger partial charge in [0, 0.05) is 24.3 Å². The van der Waals surface area contributed by atoms with Crippen LogP contribution in [0.3, 0.4) is 0 Å². The average molecular weight is 213 g/mol. The standard InChI is InChI=1S/C13H15N3/c1-2-4-13(5-3-1)16-10-11(9-15-16)8-14-12-6-7-12/h1-5,9-10,12,14H,6-8H2. The Bertz CT molecular complexity index is 457. The first kappa shape index (κ1) is 9.60. The summed E-state index contributed by atoms with van der Waals surface area (Å²) in [5.41, 5.74) is 2.36. The van der Waals surface area contributed by atoms with Gasteiger partial charge in [0.05, 0.1) is 11.9 Å². The van der Waals surface area contributed by atoms with Gasteiger partial charge < -0.3 is 5.32 Å². The van der Waals surface area contributed by atoms with Crippen LogP contribution in [0.2, 0.25) is 0 Å². The maximum Gasteiger partial charge on any atom is 0.0645 e. The monoisotopic (exact) mass is 213 g/mol. The lowest BCUT2D eigenvalue weighted by atomic mass is 10.3. The molecule has 3 rings (SSSR count). The highest BCUT2D eigenvalue weighted by molar-refractivity contribution is 5.30. The number of nitrogens with zero attached hydrogens (tertiary/aromatic N) is 2. The van der Waals surface area contributed by atoms with Crippen LogP contribution in [0, 0.1) is 0 Å². The fraction of sp³-hybridized carbons (Fsp3) is 0.308. The summed E-state index contributed by atoms with van der Waals surface area (Å²) >= 11 is 0. The third-order valence-electron chi connectivity index (χ3n) is 2.83. The molecule has 1 N–H and O–H groups in total. The van der Waals surface area contributed by atoms with E-state index in [2.05, 4.69) is 28.7 Å². The lowest BCUT2D eigenvalue weighted by Gasteiger charge is -2.00. The van der Waals surface area contributed by atoms with Gasteiger partial charge in [-0.25, -0.2) is 4.68 Å². The van der Waals surface area contributed by atoms with Gasteiger partial charge in [0.2, 0.25) is 0 Å². The van der Waals surface area contributed by atoms with Crippen LogP contribution in [-0.4, -0.2) is 15.8 Å². The molecule has 16 heavy (non-hydrogen) atoms. The van der Waals surface area contributed by atoms with Crippen molar-refractivity contribution in [2.75, 3.05) is 0 Å². The van der Waals surface area contributed by atoms with Gasteiger partial charge in [-0.3, -0.25) is 0 Å². The lowest BCUT2D eigenvalue weighted by molar-refractivity contribution is 0.687. The molecule has 0 radical (unpaired) electrons. The molecule has 1 aromatic carbocycles. The minimum Gasteiger partial charge on any atom is -0.310 e. The smallest absolute Gasteiger partial charge is 0.0645 e. The number of hydrogen-bond donors (Lipinski definition) is 1. The predicted octanol–water partition coefficient (Wildman–Crippen LogP) is 2.12. The molecule has 1 aliphatic carbocycles. The van der Waals surface area contributed by atoms with Crippen molar-refractivity contribution in [3.05, 3.63) is 48.3 Å². The van der Waals surface area contributed by atoms with E-state index >= 15 is 0 Å². The van der Waals surface area contributed by atoms with Crippen LogP contribution >= 0.6 is 0 Å². The van der Waals surface area contributed by atoms with Gasteiger partial charge >= 0.3 is 0 Å². The Labute approximate surface area is 95.1 Å². The van der Waals surface area contributed by atoms with Crippen molar-refractivity contribution in [2.45, 2.75) is 25.4 Å². The average Bonchev–Trinajstić information content (AvgIpc) is 3.05. The van der Waals surface area contributed by atoms with Gasteiger partial charge in [0.15, 0.2) is 0 Å². The number of rotatable bonds is 4. The quantitative estimate of drug-likeness (QED) is 0.843. The zero-order chi connectivity index (χ0) is 10.8. The summed E-state index contributed by atoms with van der Waals surface area (Å²) in [6, 6.07) is 10.9. The molecule has 82 valence electrons. The van der Waals surface area contributed by atoms with E-state index in [1.165, 1.54) is 18.4 Å². The van der Waals surface area contributed by atoms with Crippen molar-refractivity contribution in [3.8, 4) is 5.69 Å². The highest BCUT2D eigenvalue weighted by Gasteiger charge is 2.20. The number of benzene rings is 1. The molecule has 0 spiro atoms. The number of hydrogen-bond acceptors (Lipinski definition) is 2. The van der Waals surface area contributed by atoms with E-state index in [9.17, 15) is 0 Å². The molecular formula is C13H15N3. The van der Waals surface area contributed by atoms with E-state index in [0.29, 0.717) is 0 Å². The molecule has 0 atom stereocenters. The van der Waals surface area contributed by atoms with E-state index in [0.717, 1.165) is 18.3 Å². The zero-order valence-electron chi connectivity index (χ0n) is 9.13. The van der Waals surface area contributed by atoms with Crippen molar-refractivity contribution < 1.29 is 0 Å². The van der Waals surface area contributed by atoms with Gasteiger partial charge in [-0.15, -0.1) is 0 Å². The maximum atomic E-state index is 4.36. The summed E-state index contributed by atoms with van der Waals surface area (Å²) in [5, 5.41) is 7.85. The zero-order valence-corrected chi connectivity index (χ0v) is 9.13. The first-order valence-corrected chi connectivity index (χ1v) is 5.74. The van der Waals surface area contributed by atoms with Crippen LogP contribution < -0.4 is 5.32 Å². The van der Waals surface area contributed by atoms with Crippen molar-refractivity contribution >= 4 is 0 Å². The first-order chi connectivity index (χ1) is 7.92. The summed E-state index contributed by atoms with van der Waals surface area (Å²) in [5.74, 6) is 0. The van der Waals surface area contributed by atoms with Gasteiger partial charge in [-0.1, -0.05) is 18.2 Å². The molecule has 2 aromatic rings. The molecule has 1 aromatic heterocycles. The predicted molar refractivity (Wildman–Crippen MR) is 63.4 cm³/mol. The summed E-state index contributed by atoms with van der Waals surface area (Å²) < 4.78 is 1.92. The molecule has 1 heterocycles. The van der Waals surface area contributed by atoms with Gasteiger partial charge in [-0.2, -0.15) is 5.10 Å². The number of nitrogens with one attached hydrogen (secondary N) is 1. The van der Waals surface area contributed by atoms with E-state index < -0.39 is 0 Å². The minimum absolute atomic E-state index is 0.750. The van der Waals surface area contributed by atoms with E-state index in [1.54, 1.807) is 0 Å². The van der Waals surface area contributed by atoms with E-state index in [-0.39, 0.29) is 0 Å². The van der Waals surface area contributed by atoms with Crippen LogP contribution in [-0.2, 0) is 6.54 Å². The van der Waals surface area contributed by atoms with Crippen molar-refractivity contribution in [1.29, 1.82) is 0 Å². The van der Waals surface area contributed by atoms with Crippen LogP contribution in [0.25, 0.3) is 5.69 Å². The topological polar surface area (TPSA) is 29.9 Å².